The second-order valence-corrected chi connectivity index (χ2v) is 7.91. The Labute approximate surface area is 168 Å². The van der Waals surface area contributed by atoms with Crippen LogP contribution in [0.1, 0.15) is 54.3 Å². The molecule has 0 spiro atoms. The van der Waals surface area contributed by atoms with Gasteiger partial charge in [0.1, 0.15) is 12.1 Å². The van der Waals surface area contributed by atoms with Gasteiger partial charge in [0.15, 0.2) is 0 Å². The van der Waals surface area contributed by atoms with Gasteiger partial charge in [0.2, 0.25) is 0 Å². The molecule has 3 amide bonds. The zero-order valence-electron chi connectivity index (χ0n) is 16.7. The highest BCUT2D eigenvalue weighted by Crippen LogP contribution is 2.23. The molecule has 0 saturated carbocycles. The average molecular weight is 404 g/mol. The van der Waals surface area contributed by atoms with Crippen LogP contribution in [-0.4, -0.2) is 65.2 Å². The van der Waals surface area contributed by atoms with Crippen molar-refractivity contribution in [2.24, 2.45) is 0 Å². The summed E-state index contributed by atoms with van der Waals surface area (Å²) >= 11 is 0. The largest absolute Gasteiger partial charge is 0.444 e. The van der Waals surface area contributed by atoms with E-state index in [2.05, 4.69) is 0 Å². The normalized spacial score (nSPS) is 18.6. The molecule has 1 saturated heterocycles. The van der Waals surface area contributed by atoms with Crippen molar-refractivity contribution in [3.8, 4) is 0 Å². The van der Waals surface area contributed by atoms with E-state index in [1.165, 1.54) is 17.0 Å². The second-order valence-electron chi connectivity index (χ2n) is 7.91. The van der Waals surface area contributed by atoms with Crippen LogP contribution >= 0.6 is 0 Å². The third kappa shape index (κ3) is 4.92. The Bertz CT molecular complexity index is 789. The molecular formula is C20H24N2O7. The van der Waals surface area contributed by atoms with Crippen molar-refractivity contribution in [1.29, 1.82) is 0 Å². The smallest absolute Gasteiger partial charge is 0.410 e. The highest BCUT2D eigenvalue weighted by atomic mass is 16.7. The molecule has 9 nitrogen and oxygen atoms in total. The first-order chi connectivity index (χ1) is 13.7. The minimum absolute atomic E-state index is 0.145. The van der Waals surface area contributed by atoms with E-state index in [9.17, 15) is 19.2 Å². The van der Waals surface area contributed by atoms with Gasteiger partial charge in [-0.25, -0.2) is 9.59 Å². The van der Waals surface area contributed by atoms with Crippen LogP contribution in [0.2, 0.25) is 0 Å². The molecule has 2 aliphatic heterocycles. The van der Waals surface area contributed by atoms with Crippen LogP contribution < -0.4 is 0 Å². The minimum Gasteiger partial charge on any atom is -0.444 e. The lowest BCUT2D eigenvalue weighted by molar-refractivity contribution is -0.169. The summed E-state index contributed by atoms with van der Waals surface area (Å²) in [5.74, 6) is -2.37. The Kier molecular flexibility index (Phi) is 5.88. The van der Waals surface area contributed by atoms with Gasteiger partial charge in [-0.2, -0.15) is 0 Å². The van der Waals surface area contributed by atoms with Crippen LogP contribution in [0.4, 0.5) is 4.79 Å². The number of rotatable bonds is 5. The van der Waals surface area contributed by atoms with Crippen molar-refractivity contribution < 1.29 is 33.5 Å². The SMILES string of the molecule is CC(C)(C)OC(=O)N(CC(=O)ON1C(=O)c2ccccc2C1=O)CC1CCCO1. The van der Waals surface area contributed by atoms with E-state index >= 15 is 0 Å². The van der Waals surface area contributed by atoms with Crippen molar-refractivity contribution in [1.82, 2.24) is 9.96 Å². The lowest BCUT2D eigenvalue weighted by Crippen LogP contribution is -2.45. The Morgan fingerprint density at radius 3 is 2.31 bits per heavy atom. The standard InChI is InChI=1S/C20H24N2O7/c1-20(2,3)28-19(26)21(11-13-7-6-10-27-13)12-16(23)29-22-17(24)14-8-4-5-9-15(14)18(22)25/h4-5,8-9,13H,6-7,10-12H2,1-3H3. The monoisotopic (exact) mass is 404 g/mol. The molecule has 29 heavy (non-hydrogen) atoms. The molecule has 1 aromatic rings. The second kappa shape index (κ2) is 8.20. The summed E-state index contributed by atoms with van der Waals surface area (Å²) in [4.78, 5) is 55.8. The zero-order chi connectivity index (χ0) is 21.2. The first-order valence-electron chi connectivity index (χ1n) is 9.44. The number of amides is 3. The van der Waals surface area contributed by atoms with Crippen LogP contribution in [0, 0.1) is 0 Å². The highest BCUT2D eigenvalue weighted by molar-refractivity contribution is 6.20. The molecule has 0 aromatic heterocycles. The first kappa shape index (κ1) is 20.8. The summed E-state index contributed by atoms with van der Waals surface area (Å²) in [6, 6.07) is 6.18. The fourth-order valence-corrected chi connectivity index (χ4v) is 3.10. The molecular weight excluding hydrogens is 380 g/mol. The number of imide groups is 1. The third-order valence-corrected chi connectivity index (χ3v) is 4.37. The van der Waals surface area contributed by atoms with Gasteiger partial charge in [0.25, 0.3) is 11.8 Å². The van der Waals surface area contributed by atoms with E-state index in [1.54, 1.807) is 32.9 Å². The number of fused-ring (bicyclic) bond motifs is 1. The molecule has 156 valence electrons. The molecule has 0 radical (unpaired) electrons. The maximum Gasteiger partial charge on any atom is 0.410 e. The zero-order valence-corrected chi connectivity index (χ0v) is 16.7. The number of benzene rings is 1. The fourth-order valence-electron chi connectivity index (χ4n) is 3.10. The number of carbonyl (C=O) groups is 4. The first-order valence-corrected chi connectivity index (χ1v) is 9.44. The Hall–Kier alpha value is -2.94. The summed E-state index contributed by atoms with van der Waals surface area (Å²) in [5, 5.41) is 0.423. The maximum absolute atomic E-state index is 12.5. The molecule has 1 fully saturated rings. The summed E-state index contributed by atoms with van der Waals surface area (Å²) in [7, 11) is 0. The molecule has 2 aliphatic rings. The number of carbonyl (C=O) groups excluding carboxylic acids is 4. The highest BCUT2D eigenvalue weighted by Gasteiger charge is 2.39. The van der Waals surface area contributed by atoms with E-state index in [0.29, 0.717) is 11.7 Å². The van der Waals surface area contributed by atoms with E-state index in [4.69, 9.17) is 14.3 Å². The molecule has 1 aromatic carbocycles. The fraction of sp³-hybridized carbons (Fsp3) is 0.500. The van der Waals surface area contributed by atoms with Crippen molar-refractivity contribution in [3.05, 3.63) is 35.4 Å². The molecule has 0 bridgehead atoms. The molecule has 1 atom stereocenters. The van der Waals surface area contributed by atoms with Gasteiger partial charge < -0.3 is 14.3 Å². The summed E-state index contributed by atoms with van der Waals surface area (Å²) in [5.41, 5.74) is -0.430. The summed E-state index contributed by atoms with van der Waals surface area (Å²) in [6.45, 7) is 5.39. The van der Waals surface area contributed by atoms with Gasteiger partial charge in [-0.15, -0.1) is 0 Å². The number of ether oxygens (including phenoxy) is 2. The van der Waals surface area contributed by atoms with Crippen LogP contribution in [-0.2, 0) is 19.1 Å². The summed E-state index contributed by atoms with van der Waals surface area (Å²) in [6.07, 6.45) is 0.709. The van der Waals surface area contributed by atoms with E-state index in [-0.39, 0.29) is 23.8 Å². The van der Waals surface area contributed by atoms with Crippen LogP contribution in [0.25, 0.3) is 0 Å². The number of nitrogens with zero attached hydrogens (tertiary/aromatic N) is 2. The number of hydroxylamine groups is 2. The van der Waals surface area contributed by atoms with E-state index in [0.717, 1.165) is 12.8 Å². The minimum atomic E-state index is -0.927. The van der Waals surface area contributed by atoms with Gasteiger partial charge in [-0.3, -0.25) is 14.5 Å². The molecule has 9 heteroatoms. The molecule has 1 unspecified atom stereocenters. The summed E-state index contributed by atoms with van der Waals surface area (Å²) < 4.78 is 10.9. The average Bonchev–Trinajstić information content (AvgIpc) is 3.23. The Morgan fingerprint density at radius 1 is 1.17 bits per heavy atom. The lowest BCUT2D eigenvalue weighted by Gasteiger charge is -2.28. The molecule has 0 aliphatic carbocycles. The van der Waals surface area contributed by atoms with Crippen LogP contribution in [0.3, 0.4) is 0 Å². The molecule has 0 N–H and O–H groups in total. The van der Waals surface area contributed by atoms with Crippen molar-refractivity contribution in [3.63, 3.8) is 0 Å². The van der Waals surface area contributed by atoms with E-state index < -0.39 is 36.0 Å². The topological polar surface area (TPSA) is 102 Å². The lowest BCUT2D eigenvalue weighted by atomic mass is 10.1. The Morgan fingerprint density at radius 2 is 1.79 bits per heavy atom. The van der Waals surface area contributed by atoms with Gasteiger partial charge in [0, 0.05) is 6.61 Å². The quantitative estimate of drug-likeness (QED) is 0.693. The van der Waals surface area contributed by atoms with Crippen molar-refractivity contribution in [2.45, 2.75) is 45.3 Å². The molecule has 3 rings (SSSR count). The van der Waals surface area contributed by atoms with Gasteiger partial charge in [0.05, 0.1) is 23.8 Å². The molecule has 2 heterocycles. The van der Waals surface area contributed by atoms with Crippen molar-refractivity contribution in [2.75, 3.05) is 19.7 Å². The predicted molar refractivity (Wildman–Crippen MR) is 99.8 cm³/mol. The number of hydrogen-bond acceptors (Lipinski definition) is 7. The van der Waals surface area contributed by atoms with Gasteiger partial charge in [-0.1, -0.05) is 17.2 Å². The number of hydrogen-bond donors (Lipinski definition) is 0. The van der Waals surface area contributed by atoms with Gasteiger partial charge in [-0.05, 0) is 45.7 Å². The van der Waals surface area contributed by atoms with Crippen LogP contribution in [0.15, 0.2) is 24.3 Å². The van der Waals surface area contributed by atoms with Crippen molar-refractivity contribution >= 4 is 23.9 Å². The van der Waals surface area contributed by atoms with Crippen LogP contribution in [0.5, 0.6) is 0 Å². The van der Waals surface area contributed by atoms with E-state index in [1.807, 2.05) is 0 Å². The predicted octanol–water partition coefficient (Wildman–Crippen LogP) is 2.16. The third-order valence-electron chi connectivity index (χ3n) is 4.37. The maximum atomic E-state index is 12.5. The van der Waals surface area contributed by atoms with Gasteiger partial charge >= 0.3 is 12.1 Å². The Balaban J connectivity index is 1.67.